The normalized spacial score (nSPS) is 16.2. The van der Waals surface area contributed by atoms with Crippen molar-refractivity contribution in [3.63, 3.8) is 0 Å². The lowest BCUT2D eigenvalue weighted by atomic mass is 10.0. The Hall–Kier alpha value is -3.02. The second-order valence-electron chi connectivity index (χ2n) is 6.02. The molecular formula is C19H14F2O4. The van der Waals surface area contributed by atoms with Gasteiger partial charge < -0.3 is 9.47 Å². The molecule has 1 heterocycles. The Morgan fingerprint density at radius 2 is 1.36 bits per heavy atom. The highest BCUT2D eigenvalue weighted by Crippen LogP contribution is 2.26. The largest absolute Gasteiger partial charge is 0.419 e. The Kier molecular flexibility index (Phi) is 4.12. The first kappa shape index (κ1) is 16.8. The molecule has 3 rings (SSSR count). The molecule has 25 heavy (non-hydrogen) atoms. The van der Waals surface area contributed by atoms with Gasteiger partial charge in [-0.25, -0.2) is 18.4 Å². The highest BCUT2D eigenvalue weighted by molar-refractivity contribution is 6.18. The smallest absolute Gasteiger partial charge is 0.348 e. The first-order valence-corrected chi connectivity index (χ1v) is 7.48. The summed E-state index contributed by atoms with van der Waals surface area (Å²) in [6.07, 6.45) is 1.34. The summed E-state index contributed by atoms with van der Waals surface area (Å²) in [7, 11) is 0. The van der Waals surface area contributed by atoms with Gasteiger partial charge in [0.2, 0.25) is 0 Å². The summed E-state index contributed by atoms with van der Waals surface area (Å²) in [5, 5.41) is 0. The second kappa shape index (κ2) is 6.12. The van der Waals surface area contributed by atoms with Crippen molar-refractivity contribution in [2.75, 3.05) is 0 Å². The third-order valence-electron chi connectivity index (χ3n) is 3.53. The van der Waals surface area contributed by atoms with Gasteiger partial charge in [-0.1, -0.05) is 24.3 Å². The van der Waals surface area contributed by atoms with E-state index in [0.29, 0.717) is 16.7 Å². The molecule has 0 atom stereocenters. The van der Waals surface area contributed by atoms with Gasteiger partial charge in [0.05, 0.1) is 0 Å². The Labute approximate surface area is 142 Å². The van der Waals surface area contributed by atoms with Crippen LogP contribution in [0.5, 0.6) is 0 Å². The van der Waals surface area contributed by atoms with Gasteiger partial charge in [0.15, 0.2) is 0 Å². The monoisotopic (exact) mass is 344 g/mol. The van der Waals surface area contributed by atoms with Crippen LogP contribution in [0.1, 0.15) is 19.4 Å². The van der Waals surface area contributed by atoms with Gasteiger partial charge in [-0.3, -0.25) is 0 Å². The number of carbonyl (C=O) groups is 2. The van der Waals surface area contributed by atoms with Crippen LogP contribution in [0.4, 0.5) is 8.78 Å². The zero-order valence-corrected chi connectivity index (χ0v) is 13.5. The number of rotatable bonds is 2. The Morgan fingerprint density at radius 3 is 1.88 bits per heavy atom. The molecule has 128 valence electrons. The van der Waals surface area contributed by atoms with Crippen molar-refractivity contribution in [3.8, 4) is 11.1 Å². The molecule has 6 heteroatoms. The number of hydrogen-bond donors (Lipinski definition) is 0. The number of cyclic esters (lactones) is 2. The van der Waals surface area contributed by atoms with Crippen molar-refractivity contribution in [1.29, 1.82) is 0 Å². The Balaban J connectivity index is 1.88. The molecule has 4 nitrogen and oxygen atoms in total. The Morgan fingerprint density at radius 1 is 0.840 bits per heavy atom. The molecule has 1 fully saturated rings. The van der Waals surface area contributed by atoms with Crippen LogP contribution in [-0.2, 0) is 19.1 Å². The van der Waals surface area contributed by atoms with Gasteiger partial charge in [0, 0.05) is 19.9 Å². The molecular weight excluding hydrogens is 330 g/mol. The van der Waals surface area contributed by atoms with Crippen molar-refractivity contribution in [2.24, 2.45) is 0 Å². The molecule has 0 radical (unpaired) electrons. The van der Waals surface area contributed by atoms with Crippen molar-refractivity contribution in [1.82, 2.24) is 0 Å². The molecule has 0 spiro atoms. The van der Waals surface area contributed by atoms with Crippen LogP contribution in [0, 0.1) is 11.6 Å². The average molecular weight is 344 g/mol. The van der Waals surface area contributed by atoms with Crippen molar-refractivity contribution in [2.45, 2.75) is 19.6 Å². The zero-order chi connectivity index (χ0) is 18.2. The lowest BCUT2D eigenvalue weighted by Gasteiger charge is -2.29. The van der Waals surface area contributed by atoms with Crippen LogP contribution in [0.25, 0.3) is 17.2 Å². The summed E-state index contributed by atoms with van der Waals surface area (Å²) in [4.78, 5) is 23.8. The maximum absolute atomic E-state index is 13.3. The standard InChI is InChI=1S/C19H14F2O4/c1-19(2)24-17(22)16(18(23)25-19)7-11-3-5-12(6-4-11)13-8-14(20)10-15(21)9-13/h3-10H,1-2H3. The van der Waals surface area contributed by atoms with Gasteiger partial charge in [-0.2, -0.15) is 0 Å². The summed E-state index contributed by atoms with van der Waals surface area (Å²) in [5.41, 5.74) is 1.30. The average Bonchev–Trinajstić information content (AvgIpc) is 2.49. The molecule has 0 amide bonds. The third-order valence-corrected chi connectivity index (χ3v) is 3.53. The van der Waals surface area contributed by atoms with Gasteiger partial charge >= 0.3 is 11.9 Å². The van der Waals surface area contributed by atoms with Gasteiger partial charge in [-0.05, 0) is 34.9 Å². The minimum atomic E-state index is -1.29. The number of hydrogen-bond acceptors (Lipinski definition) is 4. The van der Waals surface area contributed by atoms with Crippen LogP contribution in [0.2, 0.25) is 0 Å². The van der Waals surface area contributed by atoms with Crippen molar-refractivity contribution in [3.05, 3.63) is 65.2 Å². The minimum Gasteiger partial charge on any atom is -0.419 e. The highest BCUT2D eigenvalue weighted by Gasteiger charge is 2.38. The van der Waals surface area contributed by atoms with E-state index in [1.54, 1.807) is 24.3 Å². The van der Waals surface area contributed by atoms with E-state index in [-0.39, 0.29) is 5.57 Å². The third kappa shape index (κ3) is 3.74. The molecule has 2 aromatic carbocycles. The van der Waals surface area contributed by atoms with Gasteiger partial charge in [0.1, 0.15) is 17.2 Å². The van der Waals surface area contributed by atoms with Gasteiger partial charge in [0.25, 0.3) is 5.79 Å². The van der Waals surface area contributed by atoms with Gasteiger partial charge in [-0.15, -0.1) is 0 Å². The van der Waals surface area contributed by atoms with E-state index >= 15 is 0 Å². The van der Waals surface area contributed by atoms with E-state index in [0.717, 1.165) is 6.07 Å². The summed E-state index contributed by atoms with van der Waals surface area (Å²) in [6, 6.07) is 9.72. The van der Waals surface area contributed by atoms with Crippen LogP contribution >= 0.6 is 0 Å². The topological polar surface area (TPSA) is 52.6 Å². The van der Waals surface area contributed by atoms with Crippen LogP contribution < -0.4 is 0 Å². The quantitative estimate of drug-likeness (QED) is 0.472. The summed E-state index contributed by atoms with van der Waals surface area (Å²) >= 11 is 0. The minimum absolute atomic E-state index is 0.219. The number of ether oxygens (including phenoxy) is 2. The predicted octanol–water partition coefficient (Wildman–Crippen LogP) is 3.85. The molecule has 2 aromatic rings. The predicted molar refractivity (Wildman–Crippen MR) is 86.0 cm³/mol. The summed E-state index contributed by atoms with van der Waals surface area (Å²) in [6.45, 7) is 2.93. The molecule has 0 saturated carbocycles. The van der Waals surface area contributed by atoms with E-state index in [1.807, 2.05) is 0 Å². The fourth-order valence-electron chi connectivity index (χ4n) is 2.44. The van der Waals surface area contributed by atoms with Crippen LogP contribution in [0.15, 0.2) is 48.0 Å². The van der Waals surface area contributed by atoms with Crippen LogP contribution in [0.3, 0.4) is 0 Å². The number of halogens is 2. The van der Waals surface area contributed by atoms with E-state index in [4.69, 9.17) is 9.47 Å². The lowest BCUT2D eigenvalue weighted by molar-refractivity contribution is -0.222. The lowest BCUT2D eigenvalue weighted by Crippen LogP contribution is -2.41. The van der Waals surface area contributed by atoms with Crippen molar-refractivity contribution >= 4 is 18.0 Å². The second-order valence-corrected chi connectivity index (χ2v) is 6.02. The van der Waals surface area contributed by atoms with E-state index in [2.05, 4.69) is 0 Å². The number of benzene rings is 2. The molecule has 0 N–H and O–H groups in total. The molecule has 1 aliphatic rings. The molecule has 1 saturated heterocycles. The van der Waals surface area contributed by atoms with Crippen molar-refractivity contribution < 1.29 is 27.8 Å². The van der Waals surface area contributed by atoms with E-state index in [9.17, 15) is 18.4 Å². The first-order chi connectivity index (χ1) is 11.7. The fourth-order valence-corrected chi connectivity index (χ4v) is 2.44. The maximum atomic E-state index is 13.3. The van der Waals surface area contributed by atoms with E-state index < -0.39 is 29.4 Å². The molecule has 0 aliphatic carbocycles. The SMILES string of the molecule is CC1(C)OC(=O)C(=Cc2ccc(-c3cc(F)cc(F)c3)cc2)C(=O)O1. The van der Waals surface area contributed by atoms with E-state index in [1.165, 1.54) is 32.1 Å². The maximum Gasteiger partial charge on any atom is 0.348 e. The highest BCUT2D eigenvalue weighted by atomic mass is 19.1. The first-order valence-electron chi connectivity index (χ1n) is 7.48. The zero-order valence-electron chi connectivity index (χ0n) is 13.5. The fraction of sp³-hybridized carbons (Fsp3) is 0.158. The molecule has 0 bridgehead atoms. The molecule has 0 unspecified atom stereocenters. The summed E-state index contributed by atoms with van der Waals surface area (Å²) in [5.74, 6) is -4.17. The Bertz CT molecular complexity index is 841. The molecule has 1 aliphatic heterocycles. The summed E-state index contributed by atoms with van der Waals surface area (Å²) < 4.78 is 36.6. The van der Waals surface area contributed by atoms with Crippen LogP contribution in [-0.4, -0.2) is 17.7 Å². The number of esters is 2. The molecule has 0 aromatic heterocycles. The number of carbonyl (C=O) groups excluding carboxylic acids is 2.